The zero-order chi connectivity index (χ0) is 42.7. The maximum Gasteiger partial charge on any atom is 0.143 e. The predicted molar refractivity (Wildman–Crippen MR) is 271 cm³/mol. The van der Waals surface area contributed by atoms with Crippen LogP contribution in [0.5, 0.6) is 0 Å². The number of hydrogen-bond acceptors (Lipinski definition) is 1. The van der Waals surface area contributed by atoms with Gasteiger partial charge in [-0.2, -0.15) is 0 Å². The van der Waals surface area contributed by atoms with Crippen molar-refractivity contribution < 1.29 is 4.42 Å². The fourth-order valence-corrected chi connectivity index (χ4v) is 9.93. The molecule has 3 aromatic heterocycles. The third-order valence-electron chi connectivity index (χ3n) is 13.0. The van der Waals surface area contributed by atoms with Gasteiger partial charge < -0.3 is 13.6 Å². The van der Waals surface area contributed by atoms with E-state index in [-0.39, 0.29) is 0 Å². The second-order valence-electron chi connectivity index (χ2n) is 16.8. The van der Waals surface area contributed by atoms with Crippen LogP contribution in [0.1, 0.15) is 24.6 Å². The number of aromatic nitrogens is 2. The van der Waals surface area contributed by atoms with Crippen molar-refractivity contribution in [3.05, 3.63) is 224 Å². The lowest BCUT2D eigenvalue weighted by Crippen LogP contribution is -1.98. The van der Waals surface area contributed by atoms with Crippen molar-refractivity contribution in [1.29, 1.82) is 0 Å². The van der Waals surface area contributed by atoms with Crippen LogP contribution in [0.3, 0.4) is 0 Å². The van der Waals surface area contributed by atoms with E-state index in [4.69, 9.17) is 4.42 Å². The highest BCUT2D eigenvalue weighted by Crippen LogP contribution is 2.40. The Hall–Kier alpha value is -8.14. The van der Waals surface area contributed by atoms with Crippen LogP contribution in [0.25, 0.3) is 117 Å². The molecule has 0 N–H and O–H groups in total. The highest BCUT2D eigenvalue weighted by Gasteiger charge is 2.18. The molecule has 0 saturated carbocycles. The monoisotopic (exact) mass is 820 g/mol. The minimum absolute atomic E-state index is 0.912. The van der Waals surface area contributed by atoms with E-state index in [9.17, 15) is 0 Å². The fourth-order valence-electron chi connectivity index (χ4n) is 9.93. The second kappa shape index (κ2) is 15.3. The number of nitrogens with zero attached hydrogens (tertiary/aromatic N) is 2. The molecule has 0 bridgehead atoms. The third-order valence-corrected chi connectivity index (χ3v) is 13.0. The molecule has 9 aromatic carbocycles. The number of allylic oxidation sites excluding steroid dienone is 1. The standard InChI is InChI=1S/C61H44N2O/c1-3-4-29-56-40(2)50-24-5-8-30-57(50)62(56)49-33-34-59-55(39-49)52-25-6-9-31-58(52)63(59)48-23-14-21-46(38-48)44-19-12-17-42(36-44)41-16-11-18-43(35-41)45-20-13-22-47(37-45)51-27-15-28-54-53-26-7-10-32-60(53)64-61(51)54/h4-39H,3H2,1-2H3. The van der Waals surface area contributed by atoms with Gasteiger partial charge in [-0.3, -0.25) is 0 Å². The lowest BCUT2D eigenvalue weighted by Gasteiger charge is -2.13. The minimum atomic E-state index is 0.912. The summed E-state index contributed by atoms with van der Waals surface area (Å²) in [6, 6.07) is 74.9. The number of furan rings is 1. The molecule has 3 heteroatoms. The van der Waals surface area contributed by atoms with Gasteiger partial charge in [-0.15, -0.1) is 0 Å². The van der Waals surface area contributed by atoms with Gasteiger partial charge in [0.25, 0.3) is 0 Å². The summed E-state index contributed by atoms with van der Waals surface area (Å²) in [5.41, 5.74) is 19.6. The van der Waals surface area contributed by atoms with E-state index < -0.39 is 0 Å². The summed E-state index contributed by atoms with van der Waals surface area (Å²) < 4.78 is 11.3. The van der Waals surface area contributed by atoms with Crippen LogP contribution in [-0.2, 0) is 0 Å². The lowest BCUT2D eigenvalue weighted by molar-refractivity contribution is 0.670. The van der Waals surface area contributed by atoms with E-state index in [2.05, 4.69) is 229 Å². The van der Waals surface area contributed by atoms with E-state index in [1.54, 1.807) is 0 Å². The molecule has 3 heterocycles. The van der Waals surface area contributed by atoms with Gasteiger partial charge in [-0.1, -0.05) is 153 Å². The van der Waals surface area contributed by atoms with Crippen molar-refractivity contribution in [3.63, 3.8) is 0 Å². The first kappa shape index (κ1) is 37.6. The quantitative estimate of drug-likeness (QED) is 0.150. The Bertz CT molecular complexity index is 3800. The van der Waals surface area contributed by atoms with Gasteiger partial charge in [-0.25, -0.2) is 0 Å². The van der Waals surface area contributed by atoms with Crippen LogP contribution in [0, 0.1) is 6.92 Å². The van der Waals surface area contributed by atoms with Crippen molar-refractivity contribution in [3.8, 4) is 55.9 Å². The minimum Gasteiger partial charge on any atom is -0.455 e. The van der Waals surface area contributed by atoms with Gasteiger partial charge in [0.2, 0.25) is 0 Å². The zero-order valence-corrected chi connectivity index (χ0v) is 35.8. The Morgan fingerprint density at radius 2 is 0.922 bits per heavy atom. The Morgan fingerprint density at radius 3 is 1.62 bits per heavy atom. The first-order valence-corrected chi connectivity index (χ1v) is 22.2. The highest BCUT2D eigenvalue weighted by molar-refractivity contribution is 6.11. The van der Waals surface area contributed by atoms with E-state index in [1.165, 1.54) is 77.3 Å². The van der Waals surface area contributed by atoms with E-state index in [0.29, 0.717) is 0 Å². The lowest BCUT2D eigenvalue weighted by atomic mass is 9.94. The molecule has 0 amide bonds. The molecule has 12 aromatic rings. The van der Waals surface area contributed by atoms with Gasteiger partial charge in [-0.05, 0) is 131 Å². The zero-order valence-electron chi connectivity index (χ0n) is 35.8. The summed E-state index contributed by atoms with van der Waals surface area (Å²) in [6.45, 7) is 4.43. The number of fused-ring (bicyclic) bond motifs is 7. The average Bonchev–Trinajstić information content (AvgIpc) is 4.00. The summed E-state index contributed by atoms with van der Waals surface area (Å²) in [7, 11) is 0. The average molecular weight is 821 g/mol. The highest BCUT2D eigenvalue weighted by atomic mass is 16.3. The number of rotatable bonds is 8. The van der Waals surface area contributed by atoms with Crippen molar-refractivity contribution >= 4 is 60.7 Å². The number of aryl methyl sites for hydroxylation is 1. The molecule has 12 rings (SSSR count). The third kappa shape index (κ3) is 6.20. The normalized spacial score (nSPS) is 11.9. The summed E-state index contributed by atoms with van der Waals surface area (Å²) >= 11 is 0. The maximum atomic E-state index is 6.42. The number of hydrogen-bond donors (Lipinski definition) is 0. The van der Waals surface area contributed by atoms with Crippen LogP contribution in [0.2, 0.25) is 0 Å². The molecule has 0 fully saturated rings. The van der Waals surface area contributed by atoms with E-state index >= 15 is 0 Å². The van der Waals surface area contributed by atoms with Crippen LogP contribution in [0.15, 0.2) is 217 Å². The van der Waals surface area contributed by atoms with E-state index in [1.807, 2.05) is 12.1 Å². The first-order valence-electron chi connectivity index (χ1n) is 22.2. The van der Waals surface area contributed by atoms with Gasteiger partial charge in [0, 0.05) is 49.6 Å². The van der Waals surface area contributed by atoms with Crippen molar-refractivity contribution in [2.45, 2.75) is 20.3 Å². The number of benzene rings is 9. The van der Waals surface area contributed by atoms with Gasteiger partial charge in [0.1, 0.15) is 11.2 Å². The molecule has 0 radical (unpaired) electrons. The van der Waals surface area contributed by atoms with Gasteiger partial charge >= 0.3 is 0 Å². The van der Waals surface area contributed by atoms with Crippen LogP contribution >= 0.6 is 0 Å². The summed E-state index contributed by atoms with van der Waals surface area (Å²) in [4.78, 5) is 0. The molecule has 0 spiro atoms. The first-order chi connectivity index (χ1) is 31.6. The van der Waals surface area contributed by atoms with E-state index in [0.717, 1.165) is 50.9 Å². The molecular formula is C61H44N2O. The smallest absolute Gasteiger partial charge is 0.143 e. The molecule has 0 aliphatic carbocycles. The van der Waals surface area contributed by atoms with Gasteiger partial charge in [0.05, 0.1) is 16.6 Å². The topological polar surface area (TPSA) is 23.0 Å². The molecule has 0 unspecified atom stereocenters. The molecule has 64 heavy (non-hydrogen) atoms. The van der Waals surface area contributed by atoms with Crippen molar-refractivity contribution in [2.24, 2.45) is 0 Å². The molecule has 304 valence electrons. The Labute approximate surface area is 372 Å². The SMILES string of the molecule is CCC=Cc1c(C)c2ccccc2n1-c1ccc2c(c1)c1ccccc1n2-c1cccc(-c2cccc(-c3cccc(-c4cccc(-c5cccc6c5oc5ccccc56)c4)c3)c2)c1. The Morgan fingerprint density at radius 1 is 0.406 bits per heavy atom. The van der Waals surface area contributed by atoms with Gasteiger partial charge in [0.15, 0.2) is 0 Å². The van der Waals surface area contributed by atoms with Crippen LogP contribution in [-0.4, -0.2) is 9.13 Å². The summed E-state index contributed by atoms with van der Waals surface area (Å²) in [6.07, 6.45) is 5.53. The van der Waals surface area contributed by atoms with Crippen LogP contribution < -0.4 is 0 Å². The molecule has 0 saturated heterocycles. The largest absolute Gasteiger partial charge is 0.455 e. The van der Waals surface area contributed by atoms with Crippen molar-refractivity contribution in [2.75, 3.05) is 0 Å². The molecule has 0 aliphatic rings. The molecule has 3 nitrogen and oxygen atoms in total. The predicted octanol–water partition coefficient (Wildman–Crippen LogP) is 17.0. The number of para-hydroxylation sites is 4. The van der Waals surface area contributed by atoms with Crippen LogP contribution in [0.4, 0.5) is 0 Å². The molecule has 0 atom stereocenters. The molecule has 0 aliphatic heterocycles. The molecular weight excluding hydrogens is 777 g/mol. The summed E-state index contributed by atoms with van der Waals surface area (Å²) in [5.74, 6) is 0. The fraction of sp³-hybridized carbons (Fsp3) is 0.0492. The maximum absolute atomic E-state index is 6.42. The Kier molecular flexibility index (Phi) is 9.01. The van der Waals surface area contributed by atoms with Crippen molar-refractivity contribution in [1.82, 2.24) is 9.13 Å². The second-order valence-corrected chi connectivity index (χ2v) is 16.8. The Balaban J connectivity index is 0.901. The summed E-state index contributed by atoms with van der Waals surface area (Å²) in [5, 5.41) is 6.04.